The minimum absolute atomic E-state index is 0.547. The lowest BCUT2D eigenvalue weighted by Gasteiger charge is -2.18. The number of thioether (sulfide) groups is 1. The van der Waals surface area contributed by atoms with E-state index in [1.807, 2.05) is 11.8 Å². The summed E-state index contributed by atoms with van der Waals surface area (Å²) in [5.74, 6) is 0.0840. The van der Waals surface area contributed by atoms with Crippen molar-refractivity contribution in [1.82, 2.24) is 0 Å². The van der Waals surface area contributed by atoms with Gasteiger partial charge in [0.2, 0.25) is 0 Å². The van der Waals surface area contributed by atoms with Crippen molar-refractivity contribution in [2.24, 2.45) is 5.73 Å². The predicted octanol–water partition coefficient (Wildman–Crippen LogP) is 2.10. The summed E-state index contributed by atoms with van der Waals surface area (Å²) >= 11 is 1.88. The molecular weight excluding hydrogens is 198 g/mol. The summed E-state index contributed by atoms with van der Waals surface area (Å²) in [5.41, 5.74) is 4.54. The maximum absolute atomic E-state index is 10.7. The quantitative estimate of drug-likeness (QED) is 0.644. The maximum atomic E-state index is 10.7. The molecule has 3 N–H and O–H groups in total. The van der Waals surface area contributed by atoms with Crippen molar-refractivity contribution in [1.29, 1.82) is 0 Å². The third-order valence-electron chi connectivity index (χ3n) is 2.31. The van der Waals surface area contributed by atoms with Crippen LogP contribution in [0.5, 0.6) is 0 Å². The summed E-state index contributed by atoms with van der Waals surface area (Å²) < 4.78 is 0. The number of hydrogen-bond donors (Lipinski definition) is 2. The summed E-state index contributed by atoms with van der Waals surface area (Å²) in [7, 11) is 0. The van der Waals surface area contributed by atoms with Crippen LogP contribution in [0, 0.1) is 0 Å². The summed E-state index contributed by atoms with van der Waals surface area (Å²) in [6.45, 7) is 5.91. The lowest BCUT2D eigenvalue weighted by atomic mass is 9.98. The van der Waals surface area contributed by atoms with Crippen LogP contribution in [0.25, 0.3) is 0 Å². The van der Waals surface area contributed by atoms with Crippen molar-refractivity contribution >= 4 is 17.7 Å². The lowest BCUT2D eigenvalue weighted by Crippen LogP contribution is -2.44. The lowest BCUT2D eigenvalue weighted by molar-refractivity contribution is -0.142. The SMILES string of the molecule is CCC(C)SCCCC(C)(N)C(=O)O. The van der Waals surface area contributed by atoms with Gasteiger partial charge in [-0.25, -0.2) is 0 Å². The first-order chi connectivity index (χ1) is 6.40. The average Bonchev–Trinajstić information content (AvgIpc) is 2.11. The van der Waals surface area contributed by atoms with Crippen LogP contribution >= 0.6 is 11.8 Å². The van der Waals surface area contributed by atoms with Gasteiger partial charge in [0.15, 0.2) is 0 Å². The van der Waals surface area contributed by atoms with Crippen LogP contribution in [-0.4, -0.2) is 27.6 Å². The minimum Gasteiger partial charge on any atom is -0.480 e. The summed E-state index contributed by atoms with van der Waals surface area (Å²) in [4.78, 5) is 10.7. The van der Waals surface area contributed by atoms with Crippen LogP contribution < -0.4 is 5.73 Å². The van der Waals surface area contributed by atoms with Crippen molar-refractivity contribution in [3.05, 3.63) is 0 Å². The molecule has 0 aliphatic rings. The number of rotatable bonds is 7. The fourth-order valence-corrected chi connectivity index (χ4v) is 1.90. The first-order valence-corrected chi connectivity index (χ1v) is 6.09. The van der Waals surface area contributed by atoms with Gasteiger partial charge in [0.05, 0.1) is 0 Å². The van der Waals surface area contributed by atoms with Crippen molar-refractivity contribution in [3.63, 3.8) is 0 Å². The van der Waals surface area contributed by atoms with Crippen LogP contribution in [-0.2, 0) is 4.79 Å². The molecule has 2 unspecified atom stereocenters. The topological polar surface area (TPSA) is 63.3 Å². The molecule has 0 saturated carbocycles. The molecule has 0 spiro atoms. The molecule has 3 nitrogen and oxygen atoms in total. The molecular formula is C10H21NO2S. The minimum atomic E-state index is -1.06. The fraction of sp³-hybridized carbons (Fsp3) is 0.900. The fourth-order valence-electron chi connectivity index (χ4n) is 0.949. The molecule has 0 amide bonds. The van der Waals surface area contributed by atoms with Crippen LogP contribution in [0.4, 0.5) is 0 Å². The molecule has 0 aromatic rings. The molecule has 0 aromatic carbocycles. The molecule has 0 saturated heterocycles. The van der Waals surface area contributed by atoms with Crippen LogP contribution in [0.3, 0.4) is 0 Å². The van der Waals surface area contributed by atoms with Gasteiger partial charge >= 0.3 is 5.97 Å². The predicted molar refractivity (Wildman–Crippen MR) is 61.7 cm³/mol. The van der Waals surface area contributed by atoms with Crippen molar-refractivity contribution < 1.29 is 9.90 Å². The highest BCUT2D eigenvalue weighted by Crippen LogP contribution is 2.17. The van der Waals surface area contributed by atoms with Crippen molar-refractivity contribution in [2.45, 2.75) is 50.8 Å². The molecule has 0 heterocycles. The van der Waals surface area contributed by atoms with Gasteiger partial charge in [-0.1, -0.05) is 13.8 Å². The van der Waals surface area contributed by atoms with Gasteiger partial charge in [-0.3, -0.25) is 4.79 Å². The van der Waals surface area contributed by atoms with E-state index in [0.29, 0.717) is 11.7 Å². The highest BCUT2D eigenvalue weighted by Gasteiger charge is 2.26. The molecule has 0 aliphatic carbocycles. The number of nitrogens with two attached hydrogens (primary N) is 1. The first-order valence-electron chi connectivity index (χ1n) is 5.04. The molecule has 0 fully saturated rings. The first kappa shape index (κ1) is 13.8. The molecule has 84 valence electrons. The van der Waals surface area contributed by atoms with Crippen LogP contribution in [0.15, 0.2) is 0 Å². The highest BCUT2D eigenvalue weighted by molar-refractivity contribution is 7.99. The molecule has 4 heteroatoms. The molecule has 0 rings (SSSR count). The van der Waals surface area contributed by atoms with Gasteiger partial charge < -0.3 is 10.8 Å². The van der Waals surface area contributed by atoms with Crippen molar-refractivity contribution in [3.8, 4) is 0 Å². The third kappa shape index (κ3) is 5.50. The Balaban J connectivity index is 3.59. The Morgan fingerprint density at radius 2 is 2.21 bits per heavy atom. The monoisotopic (exact) mass is 219 g/mol. The van der Waals surface area contributed by atoms with E-state index in [-0.39, 0.29) is 0 Å². The number of carbonyl (C=O) groups is 1. The standard InChI is InChI=1S/C10H21NO2S/c1-4-8(2)14-7-5-6-10(3,11)9(12)13/h8H,4-7,11H2,1-3H3,(H,12,13). The zero-order chi connectivity index (χ0) is 11.2. The van der Waals surface area contributed by atoms with Gasteiger partial charge in [0, 0.05) is 5.25 Å². The number of carboxylic acid groups (broad SMARTS) is 1. The van der Waals surface area contributed by atoms with Gasteiger partial charge in [-0.05, 0) is 31.9 Å². The highest BCUT2D eigenvalue weighted by atomic mass is 32.2. The third-order valence-corrected chi connectivity index (χ3v) is 3.73. The molecule has 0 radical (unpaired) electrons. The van der Waals surface area contributed by atoms with Crippen LogP contribution in [0.1, 0.15) is 40.0 Å². The van der Waals surface area contributed by atoms with E-state index in [2.05, 4.69) is 13.8 Å². The normalized spacial score (nSPS) is 17.4. The Morgan fingerprint density at radius 1 is 1.64 bits per heavy atom. The van der Waals surface area contributed by atoms with Gasteiger partial charge in [0.25, 0.3) is 0 Å². The summed E-state index contributed by atoms with van der Waals surface area (Å²) in [6.07, 6.45) is 2.57. The summed E-state index contributed by atoms with van der Waals surface area (Å²) in [5, 5.41) is 9.42. The van der Waals surface area contributed by atoms with Gasteiger partial charge in [-0.15, -0.1) is 0 Å². The van der Waals surface area contributed by atoms with E-state index in [1.165, 1.54) is 0 Å². The van der Waals surface area contributed by atoms with E-state index in [4.69, 9.17) is 10.8 Å². The van der Waals surface area contributed by atoms with E-state index in [0.717, 1.165) is 18.6 Å². The van der Waals surface area contributed by atoms with E-state index >= 15 is 0 Å². The van der Waals surface area contributed by atoms with Gasteiger partial charge in [-0.2, -0.15) is 11.8 Å². The van der Waals surface area contributed by atoms with Crippen molar-refractivity contribution in [2.75, 3.05) is 5.75 Å². The Bertz CT molecular complexity index is 183. The molecule has 0 aromatic heterocycles. The number of hydrogen-bond acceptors (Lipinski definition) is 3. The molecule has 14 heavy (non-hydrogen) atoms. The number of carboxylic acids is 1. The number of aliphatic carboxylic acids is 1. The van der Waals surface area contributed by atoms with E-state index < -0.39 is 11.5 Å². The van der Waals surface area contributed by atoms with Gasteiger partial charge in [0.1, 0.15) is 5.54 Å². The average molecular weight is 219 g/mol. The Kier molecular flexibility index (Phi) is 6.20. The smallest absolute Gasteiger partial charge is 0.323 e. The Hall–Kier alpha value is -0.220. The zero-order valence-corrected chi connectivity index (χ0v) is 10.1. The summed E-state index contributed by atoms with van der Waals surface area (Å²) in [6, 6.07) is 0. The van der Waals surface area contributed by atoms with E-state index in [1.54, 1.807) is 6.92 Å². The molecule has 0 aliphatic heterocycles. The zero-order valence-electron chi connectivity index (χ0n) is 9.25. The van der Waals surface area contributed by atoms with E-state index in [9.17, 15) is 4.79 Å². The largest absolute Gasteiger partial charge is 0.480 e. The Morgan fingerprint density at radius 3 is 2.64 bits per heavy atom. The second kappa shape index (κ2) is 6.30. The molecule has 0 bridgehead atoms. The molecule has 2 atom stereocenters. The Labute approximate surface area is 90.4 Å². The van der Waals surface area contributed by atoms with Crippen LogP contribution in [0.2, 0.25) is 0 Å². The maximum Gasteiger partial charge on any atom is 0.323 e. The second-order valence-corrected chi connectivity index (χ2v) is 5.46. The second-order valence-electron chi connectivity index (χ2n) is 3.92.